The lowest BCUT2D eigenvalue weighted by Gasteiger charge is -2.24. The van der Waals surface area contributed by atoms with Gasteiger partial charge in [-0.15, -0.1) is 0 Å². The third-order valence-corrected chi connectivity index (χ3v) is 2.87. The quantitative estimate of drug-likeness (QED) is 0.770. The first-order valence-electron chi connectivity index (χ1n) is 6.10. The minimum atomic E-state index is -0.511. The number of rotatable bonds is 3. The summed E-state index contributed by atoms with van der Waals surface area (Å²) < 4.78 is 4.63. The number of aryl methyl sites for hydroxylation is 1. The zero-order valence-electron chi connectivity index (χ0n) is 10.7. The monoisotopic (exact) mass is 250 g/mol. The summed E-state index contributed by atoms with van der Waals surface area (Å²) in [5.74, 6) is 0.267. The molecule has 0 spiro atoms. The standard InChI is InChI=1S/C12H18N4O2/c1-8-6-10(15-9-4-3-5-13-7-9)16-11(14-8)12(17)18-2/h6,9,13H,3-5,7H2,1-2H3,(H,14,15,16). The number of methoxy groups -OCH3 is 1. The molecule has 0 radical (unpaired) electrons. The van der Waals surface area contributed by atoms with Crippen LogP contribution in [-0.4, -0.2) is 42.2 Å². The number of ether oxygens (including phenoxy) is 1. The van der Waals surface area contributed by atoms with Gasteiger partial charge in [0.25, 0.3) is 0 Å². The number of esters is 1. The number of piperidine rings is 1. The van der Waals surface area contributed by atoms with Gasteiger partial charge in [-0.1, -0.05) is 0 Å². The van der Waals surface area contributed by atoms with Crippen molar-refractivity contribution in [3.05, 3.63) is 17.6 Å². The molecule has 1 atom stereocenters. The molecule has 0 bridgehead atoms. The molecule has 6 nitrogen and oxygen atoms in total. The van der Waals surface area contributed by atoms with Crippen LogP contribution in [-0.2, 0) is 4.74 Å². The molecule has 1 saturated heterocycles. The van der Waals surface area contributed by atoms with Gasteiger partial charge in [-0.3, -0.25) is 0 Å². The second-order valence-electron chi connectivity index (χ2n) is 4.40. The van der Waals surface area contributed by atoms with Gasteiger partial charge >= 0.3 is 5.97 Å². The fourth-order valence-corrected chi connectivity index (χ4v) is 2.01. The highest BCUT2D eigenvalue weighted by Crippen LogP contribution is 2.12. The van der Waals surface area contributed by atoms with Gasteiger partial charge in [0.15, 0.2) is 0 Å². The minimum absolute atomic E-state index is 0.101. The molecule has 1 aliphatic heterocycles. The maximum atomic E-state index is 11.4. The Morgan fingerprint density at radius 3 is 3.06 bits per heavy atom. The molecule has 0 aliphatic carbocycles. The summed E-state index contributed by atoms with van der Waals surface area (Å²) in [6.45, 7) is 3.81. The van der Waals surface area contributed by atoms with Gasteiger partial charge < -0.3 is 15.4 Å². The fourth-order valence-electron chi connectivity index (χ4n) is 2.01. The number of nitrogens with zero attached hydrogens (tertiary/aromatic N) is 2. The Kier molecular flexibility index (Phi) is 4.09. The van der Waals surface area contributed by atoms with Crippen molar-refractivity contribution in [2.45, 2.75) is 25.8 Å². The van der Waals surface area contributed by atoms with Gasteiger partial charge in [0.1, 0.15) is 5.82 Å². The van der Waals surface area contributed by atoms with E-state index in [1.165, 1.54) is 7.11 Å². The number of hydrogen-bond donors (Lipinski definition) is 2. The molecular formula is C12H18N4O2. The van der Waals surface area contributed by atoms with E-state index >= 15 is 0 Å². The second-order valence-corrected chi connectivity index (χ2v) is 4.40. The largest absolute Gasteiger partial charge is 0.463 e. The first-order valence-corrected chi connectivity index (χ1v) is 6.10. The summed E-state index contributed by atoms with van der Waals surface area (Å²) in [5.41, 5.74) is 0.747. The van der Waals surface area contributed by atoms with E-state index in [2.05, 4.69) is 25.3 Å². The van der Waals surface area contributed by atoms with E-state index in [1.807, 2.05) is 13.0 Å². The molecule has 1 fully saturated rings. The van der Waals surface area contributed by atoms with Gasteiger partial charge in [0.05, 0.1) is 7.11 Å². The van der Waals surface area contributed by atoms with Crippen molar-refractivity contribution >= 4 is 11.8 Å². The molecule has 1 aliphatic rings. The Balaban J connectivity index is 2.11. The van der Waals surface area contributed by atoms with Crippen LogP contribution in [0.3, 0.4) is 0 Å². The lowest BCUT2D eigenvalue weighted by molar-refractivity contribution is 0.0586. The third kappa shape index (κ3) is 3.16. The van der Waals surface area contributed by atoms with Crippen LogP contribution in [0.1, 0.15) is 29.2 Å². The molecule has 1 aromatic heterocycles. The smallest absolute Gasteiger partial charge is 0.376 e. The SMILES string of the molecule is COC(=O)c1nc(C)cc(NC2CCCNC2)n1. The predicted octanol–water partition coefficient (Wildman–Crippen LogP) is 0.736. The minimum Gasteiger partial charge on any atom is -0.463 e. The summed E-state index contributed by atoms with van der Waals surface area (Å²) in [6.07, 6.45) is 2.25. The maximum absolute atomic E-state index is 11.4. The van der Waals surface area contributed by atoms with Gasteiger partial charge in [0, 0.05) is 24.3 Å². The topological polar surface area (TPSA) is 76.1 Å². The molecule has 2 N–H and O–H groups in total. The molecule has 0 saturated carbocycles. The van der Waals surface area contributed by atoms with Crippen LogP contribution in [0.4, 0.5) is 5.82 Å². The Morgan fingerprint density at radius 1 is 1.56 bits per heavy atom. The zero-order valence-corrected chi connectivity index (χ0v) is 10.7. The number of carbonyl (C=O) groups excluding carboxylic acids is 1. The second kappa shape index (κ2) is 5.77. The molecule has 98 valence electrons. The number of hydrogen-bond acceptors (Lipinski definition) is 6. The summed E-state index contributed by atoms with van der Waals surface area (Å²) >= 11 is 0. The highest BCUT2D eigenvalue weighted by molar-refractivity contribution is 5.85. The molecular weight excluding hydrogens is 232 g/mol. The van der Waals surface area contributed by atoms with E-state index in [0.717, 1.165) is 31.6 Å². The molecule has 0 aromatic carbocycles. The molecule has 2 rings (SSSR count). The highest BCUT2D eigenvalue weighted by atomic mass is 16.5. The first kappa shape index (κ1) is 12.8. The Bertz CT molecular complexity index is 430. The van der Waals surface area contributed by atoms with Crippen LogP contribution in [0.25, 0.3) is 0 Å². The summed E-state index contributed by atoms with van der Waals surface area (Å²) in [4.78, 5) is 19.7. The first-order chi connectivity index (χ1) is 8.69. The average Bonchev–Trinajstić information content (AvgIpc) is 2.38. The number of aromatic nitrogens is 2. The van der Waals surface area contributed by atoms with Crippen molar-refractivity contribution < 1.29 is 9.53 Å². The maximum Gasteiger partial charge on any atom is 0.376 e. The summed E-state index contributed by atoms with van der Waals surface area (Å²) in [5, 5.41) is 6.64. The lowest BCUT2D eigenvalue weighted by Crippen LogP contribution is -2.38. The third-order valence-electron chi connectivity index (χ3n) is 2.87. The number of anilines is 1. The number of carbonyl (C=O) groups is 1. The number of nitrogens with one attached hydrogen (secondary N) is 2. The van der Waals surface area contributed by atoms with E-state index in [1.54, 1.807) is 0 Å². The zero-order chi connectivity index (χ0) is 13.0. The van der Waals surface area contributed by atoms with Gasteiger partial charge in [0.2, 0.25) is 5.82 Å². The van der Waals surface area contributed by atoms with Crippen LogP contribution in [0, 0.1) is 6.92 Å². The van der Waals surface area contributed by atoms with E-state index in [4.69, 9.17) is 0 Å². The van der Waals surface area contributed by atoms with Crippen molar-refractivity contribution in [3.63, 3.8) is 0 Å². The molecule has 1 aromatic rings. The highest BCUT2D eigenvalue weighted by Gasteiger charge is 2.16. The van der Waals surface area contributed by atoms with Crippen molar-refractivity contribution in [2.24, 2.45) is 0 Å². The predicted molar refractivity (Wildman–Crippen MR) is 67.6 cm³/mol. The van der Waals surface area contributed by atoms with Gasteiger partial charge in [-0.25, -0.2) is 14.8 Å². The lowest BCUT2D eigenvalue weighted by atomic mass is 10.1. The van der Waals surface area contributed by atoms with Crippen LogP contribution < -0.4 is 10.6 Å². The molecule has 0 amide bonds. The van der Waals surface area contributed by atoms with Crippen molar-refractivity contribution in [2.75, 3.05) is 25.5 Å². The van der Waals surface area contributed by atoms with Crippen LogP contribution in [0.2, 0.25) is 0 Å². The van der Waals surface area contributed by atoms with Gasteiger partial charge in [-0.2, -0.15) is 0 Å². The average molecular weight is 250 g/mol. The van der Waals surface area contributed by atoms with Crippen molar-refractivity contribution in [3.8, 4) is 0 Å². The fraction of sp³-hybridized carbons (Fsp3) is 0.583. The van der Waals surface area contributed by atoms with Gasteiger partial charge in [-0.05, 0) is 26.3 Å². The Labute approximate surface area is 106 Å². The summed E-state index contributed by atoms with van der Waals surface area (Å²) in [6, 6.07) is 2.18. The van der Waals surface area contributed by atoms with E-state index in [-0.39, 0.29) is 5.82 Å². The van der Waals surface area contributed by atoms with Crippen molar-refractivity contribution in [1.82, 2.24) is 15.3 Å². The van der Waals surface area contributed by atoms with Crippen LogP contribution >= 0.6 is 0 Å². The normalized spacial score (nSPS) is 19.3. The Hall–Kier alpha value is -1.69. The van der Waals surface area contributed by atoms with Crippen LogP contribution in [0.15, 0.2) is 6.07 Å². The molecule has 6 heteroatoms. The van der Waals surface area contributed by atoms with E-state index < -0.39 is 5.97 Å². The van der Waals surface area contributed by atoms with E-state index in [9.17, 15) is 4.79 Å². The van der Waals surface area contributed by atoms with Crippen LogP contribution in [0.5, 0.6) is 0 Å². The molecule has 18 heavy (non-hydrogen) atoms. The summed E-state index contributed by atoms with van der Waals surface area (Å²) in [7, 11) is 1.33. The molecule has 2 heterocycles. The molecule has 1 unspecified atom stereocenters. The van der Waals surface area contributed by atoms with E-state index in [0.29, 0.717) is 11.9 Å². The van der Waals surface area contributed by atoms with Crippen molar-refractivity contribution in [1.29, 1.82) is 0 Å². The Morgan fingerprint density at radius 2 is 2.39 bits per heavy atom.